The summed E-state index contributed by atoms with van der Waals surface area (Å²) < 4.78 is 39.6. The second-order valence-corrected chi connectivity index (χ2v) is 40.4. The Bertz CT molecular complexity index is 5070. The van der Waals surface area contributed by atoms with Crippen LogP contribution in [-0.4, -0.2) is 306 Å². The molecule has 17 N–H and O–H groups in total. The van der Waals surface area contributed by atoms with Crippen LogP contribution in [0.2, 0.25) is 0 Å². The summed E-state index contributed by atoms with van der Waals surface area (Å²) in [6.07, 6.45) is -8.36. The molecular weight excluding hydrogens is 1920 g/mol. The first-order valence-electron chi connectivity index (χ1n) is 45.1. The number of phenolic OH excluding ortho intramolecular Hbond substituents is 3. The number of phenols is 3. The third-order valence-electron chi connectivity index (χ3n) is 23.5. The number of fused-ring (bicyclic) bond motifs is 3. The van der Waals surface area contributed by atoms with Crippen molar-refractivity contribution in [3.8, 4) is 23.0 Å². The molecule has 2 saturated heterocycles. The predicted molar refractivity (Wildman–Crippen MR) is 505 cm³/mol. The number of methoxy groups -OCH3 is 1. The van der Waals surface area contributed by atoms with Gasteiger partial charge in [0.1, 0.15) is 89.4 Å². The number of Topliss-reactive ketones (excluding diaryl/α,β-unsaturated/α-hetero) is 1. The Morgan fingerprint density at radius 2 is 1.42 bits per heavy atom. The molecule has 10 amide bonds. The number of aliphatic hydroxyl groups excluding tert-OH is 2. The molecule has 139 heavy (non-hydrogen) atoms. The number of aromatic nitrogens is 1. The summed E-state index contributed by atoms with van der Waals surface area (Å²) in [5.74, 6) is -16.7. The van der Waals surface area contributed by atoms with Crippen molar-refractivity contribution in [1.82, 2.24) is 62.9 Å². The number of piperidine rings is 1. The summed E-state index contributed by atoms with van der Waals surface area (Å²) in [5, 5.41) is 106. The molecule has 5 unspecified atom stereocenters. The third-order valence-corrected chi connectivity index (χ3v) is 29.2. The fourth-order valence-electron chi connectivity index (χ4n) is 16.0. The maximum absolute atomic E-state index is 15.0. The van der Waals surface area contributed by atoms with Gasteiger partial charge in [0, 0.05) is 122 Å². The zero-order valence-corrected chi connectivity index (χ0v) is 82.7. The van der Waals surface area contributed by atoms with Crippen LogP contribution in [0.3, 0.4) is 0 Å². The molecule has 49 heteroatoms. The largest absolute Gasteiger partial charge is 0.508 e. The highest BCUT2D eigenvalue weighted by molar-refractivity contribution is 8.77. The number of carboxylic acid groups (broad SMARTS) is 2. The minimum atomic E-state index is -2.48. The van der Waals surface area contributed by atoms with Crippen molar-refractivity contribution in [3.05, 3.63) is 97.5 Å². The molecule has 0 saturated carbocycles. The van der Waals surface area contributed by atoms with Gasteiger partial charge in [-0.25, -0.2) is 24.8 Å². The number of nitrogens with zero attached hydrogens (tertiary/aromatic N) is 3. The molecule has 8 rings (SSSR count). The Hall–Kier alpha value is -11.2. The average Bonchev–Trinajstić information content (AvgIpc) is 0.982. The average molecular weight is 2040 g/mol. The fraction of sp³-hybridized carbons (Fsp3) is 0.578. The normalized spacial score (nSPS) is 19.7. The highest BCUT2D eigenvalue weighted by Gasteiger charge is 2.52. The van der Waals surface area contributed by atoms with Crippen LogP contribution in [0.25, 0.3) is 0 Å². The number of carbonyl (C=O) groups is 17. The number of ketones is 3. The van der Waals surface area contributed by atoms with E-state index in [1.165, 1.54) is 83.2 Å². The highest BCUT2D eigenvalue weighted by Crippen LogP contribution is 2.53. The zero-order valence-electron chi connectivity index (χ0n) is 78.6. The topological polar surface area (TPSA) is 644 Å². The third kappa shape index (κ3) is 32.2. The van der Waals surface area contributed by atoms with Crippen molar-refractivity contribution in [2.45, 2.75) is 237 Å². The Kier molecular flexibility index (Phi) is 44.0. The van der Waals surface area contributed by atoms with E-state index in [9.17, 15) is 118 Å². The fourth-order valence-corrected chi connectivity index (χ4v) is 20.7. The first kappa shape index (κ1) is 113. The summed E-state index contributed by atoms with van der Waals surface area (Å²) in [6.45, 7) is 12.4. The lowest BCUT2D eigenvalue weighted by Gasteiger charge is -2.42. The van der Waals surface area contributed by atoms with E-state index in [0.29, 0.717) is 31.4 Å². The monoisotopic (exact) mass is 2040 g/mol. The van der Waals surface area contributed by atoms with Gasteiger partial charge in [0.2, 0.25) is 47.1 Å². The number of carboxylic acids is 2. The number of benzene rings is 3. The number of thiazole rings is 1. The lowest BCUT2D eigenvalue weighted by atomic mass is 9.72. The van der Waals surface area contributed by atoms with Gasteiger partial charge in [-0.05, 0) is 88.2 Å². The van der Waals surface area contributed by atoms with Crippen molar-refractivity contribution in [1.29, 1.82) is 0 Å². The summed E-state index contributed by atoms with van der Waals surface area (Å²) in [4.78, 5) is 235. The predicted octanol–water partition coefficient (Wildman–Crippen LogP) is 4.22. The van der Waals surface area contributed by atoms with Crippen LogP contribution < -0.4 is 52.8 Å². The number of carbonyl (C=O) groups excluding carboxylic acids is 15. The minimum Gasteiger partial charge on any atom is -0.508 e. The second-order valence-electron chi connectivity index (χ2n) is 34.2. The van der Waals surface area contributed by atoms with Crippen LogP contribution >= 0.6 is 54.5 Å². The van der Waals surface area contributed by atoms with Crippen LogP contribution in [0.15, 0.2) is 47.8 Å². The number of hydrogen-bond acceptors (Lipinski definition) is 37. The molecule has 4 aromatic rings. The molecule has 4 aliphatic rings. The van der Waals surface area contributed by atoms with Gasteiger partial charge in [-0.15, -0.1) is 11.3 Å². The number of aliphatic carboxylic acids is 2. The number of esters is 2. The number of hydrogen-bond donors (Lipinski definition) is 17. The smallest absolute Gasteiger partial charge is 0.426 e. The molecule has 764 valence electrons. The summed E-state index contributed by atoms with van der Waals surface area (Å²) >= 11 is 1.01. The van der Waals surface area contributed by atoms with E-state index < -0.39 is 247 Å². The van der Waals surface area contributed by atoms with E-state index >= 15 is 4.79 Å². The van der Waals surface area contributed by atoms with Crippen LogP contribution in [0.1, 0.15) is 216 Å². The van der Waals surface area contributed by atoms with Gasteiger partial charge >= 0.3 is 36.1 Å². The maximum atomic E-state index is 15.0. The van der Waals surface area contributed by atoms with Gasteiger partial charge in [0.15, 0.2) is 30.7 Å². The number of nitrogens with one attached hydrogen (secondary N) is 9. The quantitative estimate of drug-likeness (QED) is 0.00493. The molecule has 2 aliphatic heterocycles. The van der Waals surface area contributed by atoms with Crippen molar-refractivity contribution in [2.24, 2.45) is 17.8 Å². The number of likely N-dealkylation sites (N-methyl/N-ethyl adjacent to an activating group) is 1. The van der Waals surface area contributed by atoms with Gasteiger partial charge in [-0.2, -0.15) is 0 Å². The number of amides is 10. The van der Waals surface area contributed by atoms with Crippen LogP contribution in [0.5, 0.6) is 23.0 Å². The number of rotatable bonds is 51. The maximum Gasteiger partial charge on any atom is 0.426 e. The van der Waals surface area contributed by atoms with E-state index in [1.807, 2.05) is 39.6 Å². The molecule has 2 aliphatic carbocycles. The molecule has 2 fully saturated rings. The van der Waals surface area contributed by atoms with Crippen molar-refractivity contribution < 1.29 is 156 Å². The number of aliphatic hydroxyl groups is 3. The van der Waals surface area contributed by atoms with Crippen LogP contribution in [-0.2, 0) is 98.8 Å². The van der Waals surface area contributed by atoms with E-state index in [2.05, 4.69) is 53.1 Å². The van der Waals surface area contributed by atoms with Gasteiger partial charge in [-0.3, -0.25) is 77.4 Å². The van der Waals surface area contributed by atoms with Gasteiger partial charge in [0.05, 0.1) is 54.5 Å². The van der Waals surface area contributed by atoms with E-state index in [-0.39, 0.29) is 137 Å². The number of alkyl carbamates (subject to hydrolysis) is 1. The number of hydrazine groups is 1. The van der Waals surface area contributed by atoms with E-state index in [4.69, 9.17) is 33.2 Å². The number of aromatic hydroxyl groups is 3. The van der Waals surface area contributed by atoms with Gasteiger partial charge in [-0.1, -0.05) is 122 Å². The Balaban J connectivity index is 0.754. The van der Waals surface area contributed by atoms with E-state index in [1.54, 1.807) is 26.0 Å². The van der Waals surface area contributed by atoms with Gasteiger partial charge < -0.3 is 116 Å². The summed E-state index contributed by atoms with van der Waals surface area (Å²) in [7, 11) is 7.35. The Morgan fingerprint density at radius 3 is 2.06 bits per heavy atom. The molecule has 44 nitrogen and oxygen atoms in total. The first-order chi connectivity index (χ1) is 65.9. The minimum absolute atomic E-state index is 0.00936. The highest BCUT2D eigenvalue weighted by atomic mass is 33.1. The molecule has 0 radical (unpaired) electrons. The van der Waals surface area contributed by atoms with Gasteiger partial charge in [0.25, 0.3) is 5.91 Å². The van der Waals surface area contributed by atoms with Crippen LogP contribution in [0.4, 0.5) is 9.59 Å². The lowest BCUT2D eigenvalue weighted by Crippen LogP contribution is -2.59. The molecule has 0 bridgehead atoms. The molecule has 3 aromatic carbocycles. The number of likely N-dealkylation sites (tertiary alicyclic amines) is 1. The second kappa shape index (κ2) is 54.0. The lowest BCUT2D eigenvalue weighted by molar-refractivity contribution is -0.249. The molecule has 1 aromatic heterocycles. The first-order valence-corrected chi connectivity index (χ1v) is 50.9. The standard InChI is InChI=1S/C90H122N12O32S5/c1-12-17-68(111)131-43-102(86(122)74(45(5)13-2)98-84(121)60-19-14-15-26-101(60)10)61(44(3)4)36-63(133-49(9)105)85-96-58(41-135-85)83(120)93-51(33-50-21-23-52(106)24-22-50)32-46(6)80(117)99-100-89(126)130-28-30-137-136-29-25-66(108)91-39-57(92-48(8)104)82(119)94-56(34-67(109)110)81(118)95-59(87(123)124)42-139-138-31-27-129-88(125)97-55-35-69(132-47(7)75(55)112)134-64-38-90(127,65(107)40-103)37-54-71(64)79(116)73-72(77(54)114)76(113)53-18-16-20-62(128-11)70(53)78(73)115/h16,18,20-24,41,44-47,51,55-57,59-61,63-64,69,74-75,103,106,112,114,116,127H,12-15,17,19,25-40,42-43H2,1-11H3,(H,91,108)(H,92,104)(H,93,120)(H,94,119)(H,95,118)(H,97,125)(H,98,121)(H,99,117)(H,100,126)(H,109,110)(H,123,124)/t45?,46-,47?,51+,55?,56-,57-,59-,60+,61+,63+,64-,69?,74-,75?,90-/m0/s1. The van der Waals surface area contributed by atoms with Crippen molar-refractivity contribution in [2.75, 3.05) is 76.8 Å². The van der Waals surface area contributed by atoms with E-state index in [0.717, 1.165) is 52.7 Å². The molecular formula is C90H122N12O32S5. The molecule has 0 spiro atoms. The Morgan fingerprint density at radius 1 is 0.755 bits per heavy atom. The SMILES string of the molecule is CCCC(=O)OCN(C(=O)[C@@H](NC(=O)[C@H]1CCCCN1C)C(C)CC)[C@H](C[C@@H](OC(C)=O)c1nc(C(=O)N[C@@H](Cc2ccc(O)cc2)C[C@H](C)C(=O)NNC(=O)OCCSSCCC(=O)NC[C@H](NC(C)=O)C(=O)N[C@@H](CC(=O)O)C(=O)N[C@@H](CSSCCOC(=O)NC2CC(O[C@H]3C[C@](O)(C(=O)CO)Cc4c(O)c5c(c(O)c43)C(=O)c3c(OC)cccc3C5=O)OC(C)C2O)C(=O)O)cs1)C(C)C. The summed E-state index contributed by atoms with van der Waals surface area (Å²) in [6, 6.07) is 0.831. The molecule has 16 atom stereocenters. The van der Waals surface area contributed by atoms with Crippen molar-refractivity contribution >= 4 is 155 Å². The summed E-state index contributed by atoms with van der Waals surface area (Å²) in [5.41, 5.74) is 0.310. The number of ether oxygens (including phenoxy) is 7. The Labute approximate surface area is 820 Å². The zero-order chi connectivity index (χ0) is 102. The van der Waals surface area contributed by atoms with Crippen LogP contribution in [0, 0.1) is 17.8 Å². The molecule has 3 heterocycles. The van der Waals surface area contributed by atoms with Crippen molar-refractivity contribution in [3.63, 3.8) is 0 Å².